The average Bonchev–Trinajstić information content (AvgIpc) is 3.00. The molecule has 0 unspecified atom stereocenters. The summed E-state index contributed by atoms with van der Waals surface area (Å²) in [6.07, 6.45) is -3.27. The highest BCUT2D eigenvalue weighted by Gasteiger charge is 2.35. The summed E-state index contributed by atoms with van der Waals surface area (Å²) in [7, 11) is 0. The van der Waals surface area contributed by atoms with Crippen molar-refractivity contribution in [2.45, 2.75) is 13.1 Å². The maximum absolute atomic E-state index is 13.4. The summed E-state index contributed by atoms with van der Waals surface area (Å²) in [5.41, 5.74) is -0.745. The van der Waals surface area contributed by atoms with Crippen molar-refractivity contribution in [3.63, 3.8) is 0 Å². The molecule has 1 aliphatic rings. The molecule has 1 saturated heterocycles. The van der Waals surface area contributed by atoms with E-state index in [1.54, 1.807) is 13.0 Å². The van der Waals surface area contributed by atoms with E-state index in [1.807, 2.05) is 0 Å². The van der Waals surface area contributed by atoms with Gasteiger partial charge in [-0.1, -0.05) is 6.07 Å². The Kier molecular flexibility index (Phi) is 6.03. The van der Waals surface area contributed by atoms with E-state index in [1.165, 1.54) is 30.3 Å². The molecule has 1 heterocycles. The van der Waals surface area contributed by atoms with Crippen LogP contribution < -0.4 is 14.8 Å². The lowest BCUT2D eigenvalue weighted by Crippen LogP contribution is -2.17. The summed E-state index contributed by atoms with van der Waals surface area (Å²) in [5.74, 6) is -0.839. The first-order chi connectivity index (χ1) is 14.2. The maximum Gasteiger partial charge on any atom is 0.420 e. The Hall–Kier alpha value is -3.45. The molecule has 1 fully saturated rings. The molecule has 1 N–H and O–H groups in total. The fourth-order valence-electron chi connectivity index (χ4n) is 2.57. The van der Waals surface area contributed by atoms with Gasteiger partial charge in [0.25, 0.3) is 11.1 Å². The van der Waals surface area contributed by atoms with Crippen LogP contribution >= 0.6 is 11.8 Å². The van der Waals surface area contributed by atoms with E-state index < -0.39 is 28.6 Å². The van der Waals surface area contributed by atoms with E-state index in [9.17, 15) is 22.8 Å². The summed E-state index contributed by atoms with van der Waals surface area (Å²) in [4.78, 5) is 23.1. The number of rotatable bonds is 5. The van der Waals surface area contributed by atoms with Gasteiger partial charge < -0.3 is 9.47 Å². The number of ether oxygens (including phenoxy) is 2. The van der Waals surface area contributed by atoms with E-state index in [0.29, 0.717) is 11.6 Å². The van der Waals surface area contributed by atoms with Crippen molar-refractivity contribution in [3.8, 4) is 23.3 Å². The van der Waals surface area contributed by atoms with E-state index in [0.717, 1.165) is 17.8 Å². The molecule has 1 aliphatic heterocycles. The predicted octanol–water partition coefficient (Wildman–Crippen LogP) is 5.09. The summed E-state index contributed by atoms with van der Waals surface area (Å²) < 4.78 is 51.1. The Morgan fingerprint density at radius 3 is 2.47 bits per heavy atom. The van der Waals surface area contributed by atoms with Crippen molar-refractivity contribution in [1.29, 1.82) is 5.26 Å². The number of alkyl halides is 3. The monoisotopic (exact) mass is 434 g/mol. The molecule has 0 radical (unpaired) electrons. The van der Waals surface area contributed by atoms with Crippen LogP contribution in [0.2, 0.25) is 0 Å². The van der Waals surface area contributed by atoms with Gasteiger partial charge in [-0.3, -0.25) is 14.9 Å². The van der Waals surface area contributed by atoms with Gasteiger partial charge in [-0.05, 0) is 60.7 Å². The zero-order chi connectivity index (χ0) is 21.9. The summed E-state index contributed by atoms with van der Waals surface area (Å²) in [5, 5.41) is 10.5. The molecule has 30 heavy (non-hydrogen) atoms. The Balaban J connectivity index is 1.97. The Morgan fingerprint density at radius 1 is 1.13 bits per heavy atom. The van der Waals surface area contributed by atoms with Gasteiger partial charge in [-0.25, -0.2) is 0 Å². The van der Waals surface area contributed by atoms with Gasteiger partial charge in [0.1, 0.15) is 5.75 Å². The number of carbonyl (C=O) groups is 2. The fourth-order valence-corrected chi connectivity index (χ4v) is 3.25. The third kappa shape index (κ3) is 4.75. The number of halogens is 3. The van der Waals surface area contributed by atoms with Crippen molar-refractivity contribution in [3.05, 3.63) is 58.0 Å². The fraction of sp³-hybridized carbons (Fsp3) is 0.150. The van der Waals surface area contributed by atoms with E-state index in [2.05, 4.69) is 5.32 Å². The van der Waals surface area contributed by atoms with Crippen molar-refractivity contribution in [1.82, 2.24) is 5.32 Å². The molecule has 0 spiro atoms. The number of nitrogens with zero attached hydrogens (tertiary/aromatic N) is 1. The smallest absolute Gasteiger partial charge is 0.420 e. The van der Waals surface area contributed by atoms with Gasteiger partial charge in [0.2, 0.25) is 0 Å². The number of hydrogen-bond donors (Lipinski definition) is 1. The molecule has 0 bridgehead atoms. The summed E-state index contributed by atoms with van der Waals surface area (Å²) in [6.45, 7) is 1.90. The Labute approximate surface area is 173 Å². The van der Waals surface area contributed by atoms with Crippen molar-refractivity contribution in [2.24, 2.45) is 0 Å². The third-order valence-corrected chi connectivity index (χ3v) is 4.65. The molecule has 0 aromatic heterocycles. The summed E-state index contributed by atoms with van der Waals surface area (Å²) >= 11 is 0.741. The number of hydrogen-bond acceptors (Lipinski definition) is 6. The van der Waals surface area contributed by atoms with Crippen LogP contribution in [0, 0.1) is 11.3 Å². The molecule has 2 aromatic rings. The first-order valence-corrected chi connectivity index (χ1v) is 9.34. The minimum atomic E-state index is -4.72. The number of carbonyl (C=O) groups excluding carboxylic acids is 2. The SMILES string of the molecule is CCOc1cc(C=C2SC(=O)NC2=O)ccc1Oc1ccc(C#N)cc1C(F)(F)F. The first-order valence-electron chi connectivity index (χ1n) is 8.52. The second-order valence-corrected chi connectivity index (χ2v) is 6.93. The van der Waals surface area contributed by atoms with Crippen molar-refractivity contribution >= 4 is 29.0 Å². The second-order valence-electron chi connectivity index (χ2n) is 5.91. The molecule has 3 rings (SSSR count). The Bertz CT molecular complexity index is 1090. The summed E-state index contributed by atoms with van der Waals surface area (Å²) in [6, 6.07) is 9.06. The number of imide groups is 1. The lowest BCUT2D eigenvalue weighted by Gasteiger charge is -2.16. The third-order valence-electron chi connectivity index (χ3n) is 3.84. The van der Waals surface area contributed by atoms with Gasteiger partial charge in [0.05, 0.1) is 28.7 Å². The second kappa shape index (κ2) is 8.51. The molecule has 0 saturated carbocycles. The molecule has 6 nitrogen and oxygen atoms in total. The van der Waals surface area contributed by atoms with Gasteiger partial charge in [0, 0.05) is 0 Å². The van der Waals surface area contributed by atoms with E-state index >= 15 is 0 Å². The quantitative estimate of drug-likeness (QED) is 0.660. The lowest BCUT2D eigenvalue weighted by molar-refractivity contribution is -0.138. The number of nitrogens with one attached hydrogen (secondary N) is 1. The standard InChI is InChI=1S/C20H13F3N2O4S/c1-2-28-16-8-11(9-17-18(26)25-19(27)30-17)3-6-15(16)29-14-5-4-12(10-24)7-13(14)20(21,22)23/h3-9H,2H2,1H3,(H,25,26,27). The lowest BCUT2D eigenvalue weighted by atomic mass is 10.1. The molecule has 0 atom stereocenters. The van der Waals surface area contributed by atoms with Crippen LogP contribution in [0.3, 0.4) is 0 Å². The molecular formula is C20H13F3N2O4S. The minimum absolute atomic E-state index is 0.0220. The highest BCUT2D eigenvalue weighted by molar-refractivity contribution is 8.18. The van der Waals surface area contributed by atoms with Crippen molar-refractivity contribution < 1.29 is 32.2 Å². The molecule has 154 valence electrons. The van der Waals surface area contributed by atoms with Crippen LogP contribution in [0.5, 0.6) is 17.2 Å². The molecular weight excluding hydrogens is 421 g/mol. The van der Waals surface area contributed by atoms with Gasteiger partial charge in [-0.15, -0.1) is 0 Å². The van der Waals surface area contributed by atoms with Crippen LogP contribution in [0.15, 0.2) is 41.3 Å². The Morgan fingerprint density at radius 2 is 1.87 bits per heavy atom. The predicted molar refractivity (Wildman–Crippen MR) is 103 cm³/mol. The normalized spacial score (nSPS) is 15.1. The molecule has 2 amide bonds. The molecule has 2 aromatic carbocycles. The van der Waals surface area contributed by atoms with Crippen LogP contribution in [0.1, 0.15) is 23.6 Å². The van der Waals surface area contributed by atoms with Gasteiger partial charge in [-0.2, -0.15) is 18.4 Å². The average molecular weight is 434 g/mol. The largest absolute Gasteiger partial charge is 0.490 e. The number of amides is 2. The van der Waals surface area contributed by atoms with E-state index in [4.69, 9.17) is 14.7 Å². The zero-order valence-electron chi connectivity index (χ0n) is 15.4. The van der Waals surface area contributed by atoms with Crippen LogP contribution in [0.25, 0.3) is 6.08 Å². The topological polar surface area (TPSA) is 88.4 Å². The van der Waals surface area contributed by atoms with Crippen molar-refractivity contribution in [2.75, 3.05) is 6.61 Å². The number of thioether (sulfide) groups is 1. The highest BCUT2D eigenvalue weighted by atomic mass is 32.2. The van der Waals surface area contributed by atoms with Gasteiger partial charge in [0.15, 0.2) is 11.5 Å². The number of benzene rings is 2. The molecule has 10 heteroatoms. The van der Waals surface area contributed by atoms with Gasteiger partial charge >= 0.3 is 6.18 Å². The highest BCUT2D eigenvalue weighted by Crippen LogP contribution is 2.41. The van der Waals surface area contributed by atoms with Crippen LogP contribution in [0.4, 0.5) is 18.0 Å². The van der Waals surface area contributed by atoms with Crippen LogP contribution in [-0.2, 0) is 11.0 Å². The first kappa shape index (κ1) is 21.3. The minimum Gasteiger partial charge on any atom is -0.490 e. The molecule has 0 aliphatic carbocycles. The maximum atomic E-state index is 13.4. The number of nitriles is 1. The zero-order valence-corrected chi connectivity index (χ0v) is 16.2. The van der Waals surface area contributed by atoms with Crippen LogP contribution in [-0.4, -0.2) is 17.8 Å². The van der Waals surface area contributed by atoms with E-state index in [-0.39, 0.29) is 28.6 Å².